The van der Waals surface area contributed by atoms with E-state index in [1.54, 1.807) is 30.3 Å². The van der Waals surface area contributed by atoms with Gasteiger partial charge >= 0.3 is 5.97 Å². The van der Waals surface area contributed by atoms with Crippen molar-refractivity contribution in [1.29, 1.82) is 0 Å². The third kappa shape index (κ3) is 2.34. The second kappa shape index (κ2) is 5.16. The molecule has 2 atom stereocenters. The lowest BCUT2D eigenvalue weighted by Gasteiger charge is -2.22. The second-order valence-corrected chi connectivity index (χ2v) is 4.20. The number of ether oxygens (including phenoxy) is 1. The van der Waals surface area contributed by atoms with Crippen LogP contribution in [0.3, 0.4) is 0 Å². The molecule has 0 spiro atoms. The highest BCUT2D eigenvalue weighted by Gasteiger charge is 2.40. The summed E-state index contributed by atoms with van der Waals surface area (Å²) >= 11 is 0. The molecule has 1 aliphatic rings. The van der Waals surface area contributed by atoms with Crippen LogP contribution in [0.25, 0.3) is 0 Å². The van der Waals surface area contributed by atoms with Crippen LogP contribution in [0.1, 0.15) is 16.8 Å². The monoisotopic (exact) mass is 251 g/mol. The molecule has 1 unspecified atom stereocenters. The van der Waals surface area contributed by atoms with Crippen LogP contribution < -0.4 is 0 Å². The van der Waals surface area contributed by atoms with Crippen molar-refractivity contribution >= 4 is 11.9 Å². The van der Waals surface area contributed by atoms with E-state index in [9.17, 15) is 14.0 Å². The fraction of sp³-hybridized carbons (Fsp3) is 0.385. The van der Waals surface area contributed by atoms with Gasteiger partial charge in [-0.25, -0.2) is 9.18 Å². The average Bonchev–Trinajstić information content (AvgIpc) is 2.80. The van der Waals surface area contributed by atoms with E-state index in [-0.39, 0.29) is 18.9 Å². The van der Waals surface area contributed by atoms with E-state index in [0.717, 1.165) is 0 Å². The summed E-state index contributed by atoms with van der Waals surface area (Å²) in [6.45, 7) is -0.0620. The number of likely N-dealkylation sites (tertiary alicyclic amines) is 1. The molecule has 0 N–H and O–H groups in total. The van der Waals surface area contributed by atoms with Crippen molar-refractivity contribution in [2.75, 3.05) is 13.7 Å². The van der Waals surface area contributed by atoms with Gasteiger partial charge in [0.25, 0.3) is 5.91 Å². The molecule has 4 nitrogen and oxygen atoms in total. The Morgan fingerprint density at radius 2 is 2.00 bits per heavy atom. The van der Waals surface area contributed by atoms with Gasteiger partial charge in [0.2, 0.25) is 0 Å². The van der Waals surface area contributed by atoms with Gasteiger partial charge in [0.15, 0.2) is 0 Å². The first kappa shape index (κ1) is 12.5. The van der Waals surface area contributed by atoms with Crippen molar-refractivity contribution in [3.8, 4) is 0 Å². The summed E-state index contributed by atoms with van der Waals surface area (Å²) in [5.74, 6) is -0.911. The van der Waals surface area contributed by atoms with Gasteiger partial charge in [0, 0.05) is 12.0 Å². The first-order valence-electron chi connectivity index (χ1n) is 5.71. The third-order valence-corrected chi connectivity index (χ3v) is 3.00. The summed E-state index contributed by atoms with van der Waals surface area (Å²) in [5, 5.41) is 0. The van der Waals surface area contributed by atoms with Crippen LogP contribution in [0.15, 0.2) is 30.3 Å². The van der Waals surface area contributed by atoms with Crippen molar-refractivity contribution < 1.29 is 18.7 Å². The van der Waals surface area contributed by atoms with Gasteiger partial charge in [-0.1, -0.05) is 18.2 Å². The van der Waals surface area contributed by atoms with E-state index in [0.29, 0.717) is 5.56 Å². The van der Waals surface area contributed by atoms with Crippen LogP contribution in [0.4, 0.5) is 4.39 Å². The number of amides is 1. The van der Waals surface area contributed by atoms with Gasteiger partial charge in [0.05, 0.1) is 13.7 Å². The molecule has 2 rings (SSSR count). The molecule has 1 saturated heterocycles. The van der Waals surface area contributed by atoms with E-state index < -0.39 is 18.2 Å². The topological polar surface area (TPSA) is 46.6 Å². The molecule has 0 aromatic heterocycles. The molecule has 96 valence electrons. The molecule has 1 aromatic rings. The number of carbonyl (C=O) groups is 2. The van der Waals surface area contributed by atoms with Crippen molar-refractivity contribution in [3.05, 3.63) is 35.9 Å². The Bertz CT molecular complexity index is 449. The molecule has 5 heteroatoms. The van der Waals surface area contributed by atoms with E-state index >= 15 is 0 Å². The molecule has 1 amide bonds. The van der Waals surface area contributed by atoms with Crippen LogP contribution in [-0.4, -0.2) is 42.6 Å². The second-order valence-electron chi connectivity index (χ2n) is 4.20. The molecule has 0 bridgehead atoms. The average molecular weight is 251 g/mol. The quantitative estimate of drug-likeness (QED) is 0.747. The zero-order chi connectivity index (χ0) is 13.1. The number of halogens is 1. The van der Waals surface area contributed by atoms with Gasteiger partial charge < -0.3 is 9.64 Å². The molecule has 18 heavy (non-hydrogen) atoms. The summed E-state index contributed by atoms with van der Waals surface area (Å²) in [6.07, 6.45) is -1.17. The first-order chi connectivity index (χ1) is 8.63. The standard InChI is InChI=1S/C13H14FNO3/c1-18-13(17)11-7-10(14)8-15(11)12(16)9-5-3-2-4-6-9/h2-6,10-11H,7-8H2,1H3/t10?,11-/m0/s1. The Balaban J connectivity index is 2.21. The SMILES string of the molecule is COC(=O)[C@@H]1CC(F)CN1C(=O)c1ccccc1. The van der Waals surface area contributed by atoms with E-state index in [1.165, 1.54) is 12.0 Å². The number of benzene rings is 1. The normalized spacial score (nSPS) is 22.9. The molecular weight excluding hydrogens is 237 g/mol. The van der Waals surface area contributed by atoms with Crippen molar-refractivity contribution in [2.45, 2.75) is 18.6 Å². The van der Waals surface area contributed by atoms with Crippen molar-refractivity contribution in [1.82, 2.24) is 4.90 Å². The van der Waals surface area contributed by atoms with Gasteiger partial charge in [0.1, 0.15) is 12.2 Å². The molecule has 0 aliphatic carbocycles. The van der Waals surface area contributed by atoms with E-state index in [2.05, 4.69) is 4.74 Å². The molecule has 1 aromatic carbocycles. The summed E-state index contributed by atoms with van der Waals surface area (Å²) in [6, 6.07) is 7.70. The lowest BCUT2D eigenvalue weighted by molar-refractivity contribution is -0.145. The Kier molecular flexibility index (Phi) is 3.60. The highest BCUT2D eigenvalue weighted by atomic mass is 19.1. The number of carbonyl (C=O) groups excluding carboxylic acids is 2. The summed E-state index contributed by atoms with van der Waals surface area (Å²) in [4.78, 5) is 24.9. The highest BCUT2D eigenvalue weighted by Crippen LogP contribution is 2.23. The van der Waals surface area contributed by atoms with Gasteiger partial charge in [-0.05, 0) is 12.1 Å². The predicted molar refractivity (Wildman–Crippen MR) is 62.8 cm³/mol. The van der Waals surface area contributed by atoms with Crippen LogP contribution in [-0.2, 0) is 9.53 Å². The summed E-state index contributed by atoms with van der Waals surface area (Å²) < 4.78 is 18.0. The first-order valence-corrected chi connectivity index (χ1v) is 5.71. The Morgan fingerprint density at radius 1 is 1.33 bits per heavy atom. The predicted octanol–water partition coefficient (Wildman–Crippen LogP) is 1.41. The van der Waals surface area contributed by atoms with Crippen LogP contribution in [0.5, 0.6) is 0 Å². The van der Waals surface area contributed by atoms with Crippen molar-refractivity contribution in [2.24, 2.45) is 0 Å². The number of hydrogen-bond acceptors (Lipinski definition) is 3. The lowest BCUT2D eigenvalue weighted by atomic mass is 10.1. The lowest BCUT2D eigenvalue weighted by Crippen LogP contribution is -2.41. The number of rotatable bonds is 2. The van der Waals surface area contributed by atoms with E-state index in [1.807, 2.05) is 0 Å². The van der Waals surface area contributed by atoms with Crippen LogP contribution >= 0.6 is 0 Å². The summed E-state index contributed by atoms with van der Waals surface area (Å²) in [7, 11) is 1.24. The number of nitrogens with zero attached hydrogens (tertiary/aromatic N) is 1. The molecule has 0 saturated carbocycles. The van der Waals surface area contributed by atoms with Crippen LogP contribution in [0, 0.1) is 0 Å². The smallest absolute Gasteiger partial charge is 0.328 e. The van der Waals surface area contributed by atoms with E-state index in [4.69, 9.17) is 0 Å². The number of methoxy groups -OCH3 is 1. The minimum absolute atomic E-state index is 0.00521. The number of hydrogen-bond donors (Lipinski definition) is 0. The Hall–Kier alpha value is -1.91. The minimum Gasteiger partial charge on any atom is -0.467 e. The molecule has 1 heterocycles. The number of alkyl halides is 1. The highest BCUT2D eigenvalue weighted by molar-refractivity contribution is 5.97. The zero-order valence-corrected chi connectivity index (χ0v) is 10.0. The molecule has 0 radical (unpaired) electrons. The van der Waals surface area contributed by atoms with Gasteiger partial charge in [-0.3, -0.25) is 4.79 Å². The maximum Gasteiger partial charge on any atom is 0.328 e. The number of esters is 1. The minimum atomic E-state index is -1.18. The van der Waals surface area contributed by atoms with Gasteiger partial charge in [-0.2, -0.15) is 0 Å². The summed E-state index contributed by atoms with van der Waals surface area (Å²) in [5.41, 5.74) is 0.445. The molecule has 1 aliphatic heterocycles. The Morgan fingerprint density at radius 3 is 2.61 bits per heavy atom. The molecular formula is C13H14FNO3. The largest absolute Gasteiger partial charge is 0.467 e. The third-order valence-electron chi connectivity index (χ3n) is 3.00. The maximum absolute atomic E-state index is 13.4. The fourth-order valence-electron chi connectivity index (χ4n) is 2.12. The van der Waals surface area contributed by atoms with Gasteiger partial charge in [-0.15, -0.1) is 0 Å². The van der Waals surface area contributed by atoms with Crippen molar-refractivity contribution in [3.63, 3.8) is 0 Å². The Labute approximate surface area is 104 Å². The van der Waals surface area contributed by atoms with Crippen LogP contribution in [0.2, 0.25) is 0 Å². The fourth-order valence-corrected chi connectivity index (χ4v) is 2.12. The maximum atomic E-state index is 13.4. The zero-order valence-electron chi connectivity index (χ0n) is 10.0. The molecule has 1 fully saturated rings.